The molecule has 0 spiro atoms. The Morgan fingerprint density at radius 2 is 1.76 bits per heavy atom. The van der Waals surface area contributed by atoms with Gasteiger partial charge in [-0.1, -0.05) is 18.3 Å². The van der Waals surface area contributed by atoms with Gasteiger partial charge in [0.25, 0.3) is 5.70 Å². The molecule has 21 heavy (non-hydrogen) atoms. The molecule has 2 rings (SSSR count). The van der Waals surface area contributed by atoms with Crippen molar-refractivity contribution in [2.45, 2.75) is 0 Å². The van der Waals surface area contributed by atoms with Crippen molar-refractivity contribution in [1.82, 2.24) is 0 Å². The molecule has 5 heteroatoms. The molecular formula is C16H16NO2S2+. The molecule has 0 saturated carbocycles. The lowest BCUT2D eigenvalue weighted by molar-refractivity contribution is -0.575. The highest BCUT2D eigenvalue weighted by Crippen LogP contribution is 2.23. The fourth-order valence-electron chi connectivity index (χ4n) is 1.85. The maximum atomic E-state index is 10.6. The van der Waals surface area contributed by atoms with Crippen molar-refractivity contribution in [3.05, 3.63) is 60.4 Å². The number of pyridine rings is 1. The van der Waals surface area contributed by atoms with Crippen LogP contribution in [0.1, 0.15) is 5.56 Å². The van der Waals surface area contributed by atoms with Gasteiger partial charge in [-0.25, -0.2) is 0 Å². The Balaban J connectivity index is 2.53. The first-order valence-corrected chi connectivity index (χ1v) is 7.93. The summed E-state index contributed by atoms with van der Waals surface area (Å²) in [7, 11) is 1.61. The van der Waals surface area contributed by atoms with Crippen LogP contribution in [0.4, 0.5) is 0 Å². The minimum atomic E-state index is 0.146. The predicted molar refractivity (Wildman–Crippen MR) is 91.5 cm³/mol. The van der Waals surface area contributed by atoms with Crippen LogP contribution in [0.2, 0.25) is 0 Å². The van der Waals surface area contributed by atoms with Crippen LogP contribution in [-0.4, -0.2) is 22.7 Å². The quantitative estimate of drug-likeness (QED) is 0.404. The Hall–Kier alpha value is -1.85. The van der Waals surface area contributed by atoms with Crippen molar-refractivity contribution in [2.24, 2.45) is 0 Å². The molecule has 0 radical (unpaired) electrons. The molecule has 0 aliphatic heterocycles. The van der Waals surface area contributed by atoms with Crippen molar-refractivity contribution in [3.63, 3.8) is 0 Å². The second kappa shape index (κ2) is 7.24. The first-order chi connectivity index (χ1) is 10.2. The van der Waals surface area contributed by atoms with Gasteiger partial charge < -0.3 is 9.84 Å². The van der Waals surface area contributed by atoms with Crippen molar-refractivity contribution in [1.29, 1.82) is 0 Å². The van der Waals surface area contributed by atoms with Crippen LogP contribution in [0.25, 0.3) is 11.5 Å². The summed E-state index contributed by atoms with van der Waals surface area (Å²) in [6.07, 6.45) is 5.61. The summed E-state index contributed by atoms with van der Waals surface area (Å²) in [6.45, 7) is 0. The normalized spacial score (nSPS) is 11.7. The molecule has 1 aromatic heterocycles. The maximum Gasteiger partial charge on any atom is 0.278 e. The average molecular weight is 318 g/mol. The number of thioether (sulfide) groups is 1. The van der Waals surface area contributed by atoms with E-state index in [1.165, 1.54) is 11.8 Å². The van der Waals surface area contributed by atoms with Crippen LogP contribution < -0.4 is 9.30 Å². The zero-order valence-corrected chi connectivity index (χ0v) is 13.4. The largest absolute Gasteiger partial charge is 0.502 e. The van der Waals surface area contributed by atoms with Gasteiger partial charge in [-0.15, -0.1) is 11.8 Å². The molecule has 0 saturated heterocycles. The fourth-order valence-corrected chi connectivity index (χ4v) is 2.45. The molecule has 1 aromatic carbocycles. The van der Waals surface area contributed by atoms with Crippen LogP contribution in [0.5, 0.6) is 5.75 Å². The molecule has 108 valence electrons. The van der Waals surface area contributed by atoms with Gasteiger partial charge in [-0.2, -0.15) is 4.57 Å². The van der Waals surface area contributed by atoms with Crippen LogP contribution in [0.15, 0.2) is 54.9 Å². The maximum absolute atomic E-state index is 10.6. The van der Waals surface area contributed by atoms with Gasteiger partial charge in [0.15, 0.2) is 18.2 Å². The van der Waals surface area contributed by atoms with E-state index in [0.717, 1.165) is 5.75 Å². The smallest absolute Gasteiger partial charge is 0.278 e. The molecule has 0 atom stereocenters. The third-order valence-corrected chi connectivity index (χ3v) is 4.20. The lowest BCUT2D eigenvalue weighted by atomic mass is 10.1. The molecule has 0 fully saturated rings. The van der Waals surface area contributed by atoms with Crippen molar-refractivity contribution in [2.75, 3.05) is 13.4 Å². The van der Waals surface area contributed by atoms with E-state index in [0.29, 0.717) is 15.5 Å². The van der Waals surface area contributed by atoms with Crippen molar-refractivity contribution < 1.29 is 14.4 Å². The number of methoxy groups -OCH3 is 1. The molecular weight excluding hydrogens is 302 g/mol. The first-order valence-electron chi connectivity index (χ1n) is 6.30. The van der Waals surface area contributed by atoms with E-state index in [9.17, 15) is 5.11 Å². The Bertz CT molecular complexity index is 652. The summed E-state index contributed by atoms with van der Waals surface area (Å²) in [6, 6.07) is 12.9. The highest BCUT2D eigenvalue weighted by atomic mass is 32.2. The van der Waals surface area contributed by atoms with Gasteiger partial charge in [0.1, 0.15) is 9.95 Å². The third kappa shape index (κ3) is 3.62. The molecule has 1 N–H and O–H groups in total. The summed E-state index contributed by atoms with van der Waals surface area (Å²) in [4.78, 5) is 0. The second-order valence-corrected chi connectivity index (χ2v) is 5.68. The SMILES string of the molecule is COc1ccc(/C(O)=C(\C(=S)SC)[n+]2ccccc2)cc1. The van der Waals surface area contributed by atoms with Gasteiger partial charge in [0, 0.05) is 17.7 Å². The minimum absolute atomic E-state index is 0.146. The topological polar surface area (TPSA) is 33.3 Å². The number of aromatic nitrogens is 1. The number of hydrogen-bond donors (Lipinski definition) is 1. The summed E-state index contributed by atoms with van der Waals surface area (Å²) >= 11 is 6.81. The highest BCUT2D eigenvalue weighted by molar-refractivity contribution is 8.23. The molecule has 0 unspecified atom stereocenters. The van der Waals surface area contributed by atoms with E-state index in [4.69, 9.17) is 17.0 Å². The van der Waals surface area contributed by atoms with E-state index in [-0.39, 0.29) is 5.76 Å². The van der Waals surface area contributed by atoms with E-state index in [1.807, 2.05) is 41.4 Å². The molecule has 0 bridgehead atoms. The van der Waals surface area contributed by atoms with E-state index >= 15 is 0 Å². The number of ether oxygens (including phenoxy) is 1. The zero-order chi connectivity index (χ0) is 15.2. The lowest BCUT2D eigenvalue weighted by Gasteiger charge is -2.06. The average Bonchev–Trinajstić information content (AvgIpc) is 2.55. The number of nitrogens with zero attached hydrogens (tertiary/aromatic N) is 1. The van der Waals surface area contributed by atoms with Crippen LogP contribution >= 0.6 is 24.0 Å². The van der Waals surface area contributed by atoms with Crippen molar-refractivity contribution >= 4 is 39.6 Å². The summed E-state index contributed by atoms with van der Waals surface area (Å²) < 4.78 is 7.57. The minimum Gasteiger partial charge on any atom is -0.502 e. The Kier molecular flexibility index (Phi) is 5.36. The van der Waals surface area contributed by atoms with Crippen LogP contribution in [0, 0.1) is 0 Å². The molecule has 0 aliphatic rings. The summed E-state index contributed by atoms with van der Waals surface area (Å²) in [5.41, 5.74) is 1.29. The van der Waals surface area contributed by atoms with E-state index in [1.54, 1.807) is 31.4 Å². The Labute approximate surface area is 133 Å². The molecule has 0 aliphatic carbocycles. The van der Waals surface area contributed by atoms with Gasteiger partial charge in [0.05, 0.1) is 7.11 Å². The number of rotatable bonds is 4. The third-order valence-electron chi connectivity index (χ3n) is 2.94. The molecule has 3 nitrogen and oxygen atoms in total. The summed E-state index contributed by atoms with van der Waals surface area (Å²) in [5.74, 6) is 0.890. The number of aliphatic hydroxyl groups excluding tert-OH is 1. The Morgan fingerprint density at radius 3 is 2.29 bits per heavy atom. The van der Waals surface area contributed by atoms with Crippen LogP contribution in [0.3, 0.4) is 0 Å². The summed E-state index contributed by atoms with van der Waals surface area (Å²) in [5, 5.41) is 10.6. The number of hydrogen-bond acceptors (Lipinski definition) is 4. The zero-order valence-electron chi connectivity index (χ0n) is 11.8. The standard InChI is InChI=1S/C16H15NO2S2/c1-19-13-8-6-12(7-9-13)15(18)14(16(20)21-2)17-10-4-3-5-11-17/h3-11H,1-2H3/p+1. The Morgan fingerprint density at radius 1 is 1.14 bits per heavy atom. The van der Waals surface area contributed by atoms with Crippen LogP contribution in [-0.2, 0) is 0 Å². The van der Waals surface area contributed by atoms with Gasteiger partial charge in [-0.05, 0) is 30.5 Å². The van der Waals surface area contributed by atoms with E-state index in [2.05, 4.69) is 0 Å². The molecule has 0 amide bonds. The second-order valence-electron chi connectivity index (χ2n) is 4.20. The fraction of sp³-hybridized carbons (Fsp3) is 0.125. The van der Waals surface area contributed by atoms with E-state index < -0.39 is 0 Å². The van der Waals surface area contributed by atoms with Gasteiger partial charge in [-0.3, -0.25) is 0 Å². The van der Waals surface area contributed by atoms with Gasteiger partial charge >= 0.3 is 0 Å². The number of aliphatic hydroxyl groups is 1. The number of thiocarbonyl (C=S) groups is 1. The van der Waals surface area contributed by atoms with Crippen molar-refractivity contribution in [3.8, 4) is 5.75 Å². The molecule has 2 aromatic rings. The lowest BCUT2D eigenvalue weighted by Crippen LogP contribution is -2.35. The number of benzene rings is 1. The highest BCUT2D eigenvalue weighted by Gasteiger charge is 2.22. The monoisotopic (exact) mass is 318 g/mol. The predicted octanol–water partition coefficient (Wildman–Crippen LogP) is 3.56. The molecule has 1 heterocycles. The van der Waals surface area contributed by atoms with Gasteiger partial charge in [0.2, 0.25) is 0 Å². The first kappa shape index (κ1) is 15.5.